The van der Waals surface area contributed by atoms with Crippen molar-refractivity contribution in [1.29, 1.82) is 0 Å². The zero-order chi connectivity index (χ0) is 25.9. The van der Waals surface area contributed by atoms with Crippen LogP contribution in [0.4, 0.5) is 4.39 Å². The van der Waals surface area contributed by atoms with Crippen molar-refractivity contribution in [3.63, 3.8) is 0 Å². The predicted octanol–water partition coefficient (Wildman–Crippen LogP) is 5.13. The molecule has 8 nitrogen and oxygen atoms in total. The predicted molar refractivity (Wildman–Crippen MR) is 141 cm³/mol. The van der Waals surface area contributed by atoms with E-state index in [0.29, 0.717) is 13.2 Å². The van der Waals surface area contributed by atoms with Gasteiger partial charge >= 0.3 is 0 Å². The van der Waals surface area contributed by atoms with Gasteiger partial charge in [-0.1, -0.05) is 5.21 Å². The number of halogens is 1. The maximum atomic E-state index is 13.9. The number of aliphatic hydroxyl groups is 1. The molecule has 1 N–H and O–H groups in total. The Hall–Kier alpha value is -3.21. The van der Waals surface area contributed by atoms with Gasteiger partial charge in [-0.3, -0.25) is 9.97 Å². The SMILES string of the molecule is Cc1nnn(C)c1-c1cnc2c3sc(C(C)(C)O)cc3n(C(c3ccc(F)cn3)C3CCOCC3)c2c1. The molecule has 0 aromatic carbocycles. The van der Waals surface area contributed by atoms with Gasteiger partial charge in [0.15, 0.2) is 0 Å². The fourth-order valence-electron chi connectivity index (χ4n) is 5.44. The second-order valence-corrected chi connectivity index (χ2v) is 11.3. The van der Waals surface area contributed by atoms with E-state index in [1.807, 2.05) is 20.2 Å². The van der Waals surface area contributed by atoms with Gasteiger partial charge in [0.25, 0.3) is 0 Å². The molecular formula is C27H29FN6O2S. The summed E-state index contributed by atoms with van der Waals surface area (Å²) in [7, 11) is 1.88. The number of aromatic nitrogens is 6. The second kappa shape index (κ2) is 8.97. The van der Waals surface area contributed by atoms with Crippen molar-refractivity contribution in [2.45, 2.75) is 45.3 Å². The van der Waals surface area contributed by atoms with Crippen LogP contribution < -0.4 is 0 Å². The van der Waals surface area contributed by atoms with E-state index in [4.69, 9.17) is 9.72 Å². The summed E-state index contributed by atoms with van der Waals surface area (Å²) in [5, 5.41) is 19.2. The first kappa shape index (κ1) is 24.1. The lowest BCUT2D eigenvalue weighted by Crippen LogP contribution is -2.27. The Bertz CT molecular complexity index is 1570. The highest BCUT2D eigenvalue weighted by Gasteiger charge is 2.33. The number of hydrogen-bond donors (Lipinski definition) is 1. The number of fused-ring (bicyclic) bond motifs is 3. The van der Waals surface area contributed by atoms with E-state index in [9.17, 15) is 9.50 Å². The molecule has 6 rings (SSSR count). The molecule has 0 amide bonds. The van der Waals surface area contributed by atoms with Crippen molar-refractivity contribution in [3.8, 4) is 11.3 Å². The first-order valence-electron chi connectivity index (χ1n) is 12.4. The second-order valence-electron chi connectivity index (χ2n) is 10.3. The summed E-state index contributed by atoms with van der Waals surface area (Å²) in [6.07, 6.45) is 4.88. The van der Waals surface area contributed by atoms with Crippen molar-refractivity contribution in [1.82, 2.24) is 29.5 Å². The standard InChI is InChI=1S/C27H29FN6O2S/c1-15-24(33(4)32-31-15)17-11-20-23(30-13-17)26-21(12-22(37-26)27(2,3)35)34(20)25(16-7-9-36-10-8-16)19-6-5-18(28)14-29-19/h5-6,11-14,16,25,35H,7-10H2,1-4H3. The Morgan fingerprint density at radius 1 is 1.14 bits per heavy atom. The van der Waals surface area contributed by atoms with E-state index in [-0.39, 0.29) is 17.8 Å². The molecule has 1 fully saturated rings. The van der Waals surface area contributed by atoms with E-state index >= 15 is 0 Å². The van der Waals surface area contributed by atoms with Crippen LogP contribution in [-0.4, -0.2) is 47.8 Å². The van der Waals surface area contributed by atoms with Crippen LogP contribution >= 0.6 is 11.3 Å². The number of nitrogens with zero attached hydrogens (tertiary/aromatic N) is 6. The lowest BCUT2D eigenvalue weighted by molar-refractivity contribution is 0.0547. The molecule has 1 aliphatic heterocycles. The van der Waals surface area contributed by atoms with Crippen LogP contribution in [-0.2, 0) is 17.4 Å². The molecule has 1 atom stereocenters. The molecule has 5 aromatic rings. The van der Waals surface area contributed by atoms with Crippen molar-refractivity contribution in [2.24, 2.45) is 13.0 Å². The summed E-state index contributed by atoms with van der Waals surface area (Å²) < 4.78 is 24.7. The van der Waals surface area contributed by atoms with Gasteiger partial charge in [0.05, 0.1) is 50.7 Å². The summed E-state index contributed by atoms with van der Waals surface area (Å²) in [4.78, 5) is 10.3. The van der Waals surface area contributed by atoms with E-state index < -0.39 is 5.60 Å². The maximum absolute atomic E-state index is 13.9. The largest absolute Gasteiger partial charge is 0.385 e. The third kappa shape index (κ3) is 4.13. The van der Waals surface area contributed by atoms with Crippen molar-refractivity contribution in [3.05, 3.63) is 58.7 Å². The monoisotopic (exact) mass is 520 g/mol. The molecule has 1 aliphatic rings. The average Bonchev–Trinajstić information content (AvgIpc) is 3.54. The number of pyridine rings is 2. The van der Waals surface area contributed by atoms with Crippen LogP contribution in [0.1, 0.15) is 49.0 Å². The summed E-state index contributed by atoms with van der Waals surface area (Å²) >= 11 is 1.56. The molecule has 0 saturated carbocycles. The minimum Gasteiger partial charge on any atom is -0.385 e. The van der Waals surface area contributed by atoms with Gasteiger partial charge < -0.3 is 14.4 Å². The highest BCUT2D eigenvalue weighted by Crippen LogP contribution is 2.44. The molecule has 0 spiro atoms. The summed E-state index contributed by atoms with van der Waals surface area (Å²) in [5.74, 6) is -0.125. The molecule has 0 radical (unpaired) electrons. The van der Waals surface area contributed by atoms with E-state index in [1.54, 1.807) is 35.9 Å². The smallest absolute Gasteiger partial charge is 0.141 e. The first-order chi connectivity index (χ1) is 17.7. The number of ether oxygens (including phenoxy) is 1. The first-order valence-corrected chi connectivity index (χ1v) is 13.3. The topological polar surface area (TPSA) is 90.9 Å². The highest BCUT2D eigenvalue weighted by molar-refractivity contribution is 7.20. The highest BCUT2D eigenvalue weighted by atomic mass is 32.1. The van der Waals surface area contributed by atoms with Gasteiger partial charge in [-0.05, 0) is 63.8 Å². The van der Waals surface area contributed by atoms with Crippen LogP contribution in [0.5, 0.6) is 0 Å². The molecule has 5 aromatic heterocycles. The minimum absolute atomic E-state index is 0.156. The molecule has 37 heavy (non-hydrogen) atoms. The zero-order valence-corrected chi connectivity index (χ0v) is 22.1. The number of thiophene rings is 1. The fourth-order valence-corrected chi connectivity index (χ4v) is 6.59. The molecule has 6 heterocycles. The molecule has 1 unspecified atom stereocenters. The van der Waals surface area contributed by atoms with Gasteiger partial charge in [-0.15, -0.1) is 16.4 Å². The summed E-state index contributed by atoms with van der Waals surface area (Å²) in [6, 6.07) is 7.30. The third-order valence-corrected chi connectivity index (χ3v) is 8.67. The Morgan fingerprint density at radius 3 is 2.57 bits per heavy atom. The Morgan fingerprint density at radius 2 is 1.92 bits per heavy atom. The van der Waals surface area contributed by atoms with Gasteiger partial charge in [0.2, 0.25) is 0 Å². The van der Waals surface area contributed by atoms with Crippen molar-refractivity contribution < 1.29 is 14.2 Å². The van der Waals surface area contributed by atoms with Crippen LogP contribution in [0.3, 0.4) is 0 Å². The number of hydrogen-bond acceptors (Lipinski definition) is 7. The third-order valence-electron chi connectivity index (χ3n) is 7.23. The van der Waals surface area contributed by atoms with Crippen LogP contribution in [0, 0.1) is 18.7 Å². The lowest BCUT2D eigenvalue weighted by atomic mass is 9.89. The maximum Gasteiger partial charge on any atom is 0.141 e. The Labute approximate surface area is 217 Å². The molecule has 10 heteroatoms. The molecule has 1 saturated heterocycles. The van der Waals surface area contributed by atoms with E-state index in [2.05, 4.69) is 32.0 Å². The zero-order valence-electron chi connectivity index (χ0n) is 21.3. The van der Waals surface area contributed by atoms with Gasteiger partial charge in [-0.25, -0.2) is 9.07 Å². The molecule has 192 valence electrons. The Balaban J connectivity index is 1.66. The van der Waals surface area contributed by atoms with Crippen LogP contribution in [0.25, 0.3) is 32.5 Å². The van der Waals surface area contributed by atoms with Gasteiger partial charge in [-0.2, -0.15) is 0 Å². The normalized spacial score (nSPS) is 16.2. The fraction of sp³-hybridized carbons (Fsp3) is 0.407. The quantitative estimate of drug-likeness (QED) is 0.345. The van der Waals surface area contributed by atoms with Gasteiger partial charge in [0.1, 0.15) is 11.3 Å². The summed E-state index contributed by atoms with van der Waals surface area (Å²) in [5.41, 5.74) is 5.29. The average molecular weight is 521 g/mol. The Kier molecular flexibility index (Phi) is 5.85. The molecular weight excluding hydrogens is 491 g/mol. The number of rotatable bonds is 5. The van der Waals surface area contributed by atoms with Crippen molar-refractivity contribution >= 4 is 32.6 Å². The van der Waals surface area contributed by atoms with Crippen LogP contribution in [0.2, 0.25) is 0 Å². The summed E-state index contributed by atoms with van der Waals surface area (Å²) in [6.45, 7) is 6.88. The molecule has 0 aliphatic carbocycles. The molecule has 0 bridgehead atoms. The van der Waals surface area contributed by atoms with Gasteiger partial charge in [0, 0.05) is 36.9 Å². The van der Waals surface area contributed by atoms with E-state index in [1.165, 1.54) is 12.3 Å². The number of aryl methyl sites for hydroxylation is 2. The lowest BCUT2D eigenvalue weighted by Gasteiger charge is -2.32. The minimum atomic E-state index is -0.986. The van der Waals surface area contributed by atoms with Crippen molar-refractivity contribution in [2.75, 3.05) is 13.2 Å². The van der Waals surface area contributed by atoms with E-state index in [0.717, 1.165) is 61.6 Å². The van der Waals surface area contributed by atoms with Crippen LogP contribution in [0.15, 0.2) is 36.7 Å².